The molecular formula is C13H12N4. The average Bonchev–Trinajstić information content (AvgIpc) is 2.69. The van der Waals surface area contributed by atoms with Crippen molar-refractivity contribution in [1.82, 2.24) is 20.2 Å². The van der Waals surface area contributed by atoms with Crippen LogP contribution in [0.3, 0.4) is 0 Å². The summed E-state index contributed by atoms with van der Waals surface area (Å²) in [5.41, 5.74) is 4.97. The van der Waals surface area contributed by atoms with E-state index < -0.39 is 0 Å². The van der Waals surface area contributed by atoms with Crippen molar-refractivity contribution in [2.24, 2.45) is 0 Å². The minimum absolute atomic E-state index is 0.944. The molecule has 0 aliphatic rings. The number of pyridine rings is 2. The van der Waals surface area contributed by atoms with Crippen LogP contribution in [0.5, 0.6) is 0 Å². The van der Waals surface area contributed by atoms with Crippen molar-refractivity contribution in [3.05, 3.63) is 42.0 Å². The third-order valence-corrected chi connectivity index (χ3v) is 2.89. The summed E-state index contributed by atoms with van der Waals surface area (Å²) >= 11 is 0. The predicted octanol–water partition coefficient (Wildman–Crippen LogP) is 2.64. The topological polar surface area (TPSA) is 54.5 Å². The van der Waals surface area contributed by atoms with Gasteiger partial charge in [0.25, 0.3) is 0 Å². The highest BCUT2D eigenvalue weighted by atomic mass is 15.1. The molecule has 0 spiro atoms. The fraction of sp³-hybridized carbons (Fsp3) is 0.154. The first-order valence-corrected chi connectivity index (χ1v) is 5.49. The summed E-state index contributed by atoms with van der Waals surface area (Å²) in [6.07, 6.45) is 3.58. The Balaban J connectivity index is 2.38. The van der Waals surface area contributed by atoms with Crippen LogP contribution in [0.1, 0.15) is 11.4 Å². The first-order chi connectivity index (χ1) is 8.27. The second-order valence-corrected chi connectivity index (χ2v) is 4.04. The highest BCUT2D eigenvalue weighted by Gasteiger charge is 2.13. The molecule has 3 aromatic rings. The number of aryl methyl sites for hydroxylation is 2. The molecule has 0 radical (unpaired) electrons. The van der Waals surface area contributed by atoms with E-state index in [9.17, 15) is 0 Å². The Morgan fingerprint density at radius 3 is 2.71 bits per heavy atom. The van der Waals surface area contributed by atoms with Crippen LogP contribution in [0.15, 0.2) is 30.6 Å². The van der Waals surface area contributed by atoms with Gasteiger partial charge in [-0.3, -0.25) is 15.1 Å². The lowest BCUT2D eigenvalue weighted by Crippen LogP contribution is -1.89. The summed E-state index contributed by atoms with van der Waals surface area (Å²) < 4.78 is 0. The van der Waals surface area contributed by atoms with Crippen LogP contribution in [0.2, 0.25) is 0 Å². The van der Waals surface area contributed by atoms with E-state index in [2.05, 4.69) is 20.2 Å². The lowest BCUT2D eigenvalue weighted by Gasteiger charge is -2.04. The minimum atomic E-state index is 0.944. The largest absolute Gasteiger partial charge is 0.282 e. The van der Waals surface area contributed by atoms with E-state index in [-0.39, 0.29) is 0 Å². The molecule has 3 heterocycles. The summed E-state index contributed by atoms with van der Waals surface area (Å²) in [4.78, 5) is 8.81. The van der Waals surface area contributed by atoms with Gasteiger partial charge in [0.2, 0.25) is 0 Å². The predicted molar refractivity (Wildman–Crippen MR) is 66.6 cm³/mol. The molecule has 0 unspecified atom stereocenters. The zero-order valence-corrected chi connectivity index (χ0v) is 9.73. The van der Waals surface area contributed by atoms with E-state index in [1.807, 2.05) is 32.0 Å². The molecule has 0 aliphatic heterocycles. The number of fused-ring (bicyclic) bond motifs is 1. The quantitative estimate of drug-likeness (QED) is 0.691. The standard InChI is InChI=1S/C13H12N4/c1-8-12(9(2)17-16-8)13-10-4-3-6-14-11(10)5-7-15-13/h3-7H,1-2H3,(H,16,17). The van der Waals surface area contributed by atoms with Crippen molar-refractivity contribution in [3.63, 3.8) is 0 Å². The Labute approximate surface area is 98.7 Å². The maximum Gasteiger partial charge on any atom is 0.0832 e. The molecule has 0 amide bonds. The number of aromatic nitrogens is 4. The van der Waals surface area contributed by atoms with E-state index in [0.29, 0.717) is 0 Å². The van der Waals surface area contributed by atoms with Crippen LogP contribution in [0.25, 0.3) is 22.2 Å². The summed E-state index contributed by atoms with van der Waals surface area (Å²) in [6.45, 7) is 3.99. The lowest BCUT2D eigenvalue weighted by molar-refractivity contribution is 1.02. The van der Waals surface area contributed by atoms with E-state index in [4.69, 9.17) is 0 Å². The molecule has 3 aromatic heterocycles. The third-order valence-electron chi connectivity index (χ3n) is 2.89. The van der Waals surface area contributed by atoms with Gasteiger partial charge in [-0.2, -0.15) is 5.10 Å². The molecule has 0 fully saturated rings. The Bertz CT molecular complexity index is 660. The molecule has 0 saturated heterocycles. The maximum absolute atomic E-state index is 4.47. The van der Waals surface area contributed by atoms with Crippen LogP contribution >= 0.6 is 0 Å². The first-order valence-electron chi connectivity index (χ1n) is 5.49. The molecule has 17 heavy (non-hydrogen) atoms. The van der Waals surface area contributed by atoms with Gasteiger partial charge in [0, 0.05) is 29.0 Å². The molecule has 4 heteroatoms. The normalized spacial score (nSPS) is 10.9. The van der Waals surface area contributed by atoms with Gasteiger partial charge in [0.05, 0.1) is 16.9 Å². The number of nitrogens with one attached hydrogen (secondary N) is 1. The Kier molecular flexibility index (Phi) is 2.14. The third kappa shape index (κ3) is 1.49. The number of hydrogen-bond donors (Lipinski definition) is 1. The summed E-state index contributed by atoms with van der Waals surface area (Å²) in [5, 5.41) is 8.26. The molecule has 0 saturated carbocycles. The number of rotatable bonds is 1. The fourth-order valence-corrected chi connectivity index (χ4v) is 2.10. The van der Waals surface area contributed by atoms with Crippen molar-refractivity contribution in [2.75, 3.05) is 0 Å². The van der Waals surface area contributed by atoms with Crippen LogP contribution < -0.4 is 0 Å². The monoisotopic (exact) mass is 224 g/mol. The number of aromatic amines is 1. The molecule has 0 bridgehead atoms. The molecule has 1 N–H and O–H groups in total. The maximum atomic E-state index is 4.47. The molecule has 4 nitrogen and oxygen atoms in total. The first kappa shape index (κ1) is 9.96. The van der Waals surface area contributed by atoms with Crippen molar-refractivity contribution in [2.45, 2.75) is 13.8 Å². The molecule has 0 aliphatic carbocycles. The van der Waals surface area contributed by atoms with Gasteiger partial charge in [-0.15, -0.1) is 0 Å². The van der Waals surface area contributed by atoms with E-state index in [1.165, 1.54) is 0 Å². The van der Waals surface area contributed by atoms with Crippen LogP contribution in [0, 0.1) is 13.8 Å². The highest BCUT2D eigenvalue weighted by Crippen LogP contribution is 2.28. The number of H-pyrrole nitrogens is 1. The van der Waals surface area contributed by atoms with Crippen LogP contribution in [-0.2, 0) is 0 Å². The van der Waals surface area contributed by atoms with Gasteiger partial charge in [0.1, 0.15) is 0 Å². The van der Waals surface area contributed by atoms with Gasteiger partial charge in [-0.05, 0) is 32.0 Å². The van der Waals surface area contributed by atoms with Crippen molar-refractivity contribution < 1.29 is 0 Å². The highest BCUT2D eigenvalue weighted by molar-refractivity contribution is 5.93. The Hall–Kier alpha value is -2.23. The lowest BCUT2D eigenvalue weighted by atomic mass is 10.1. The van der Waals surface area contributed by atoms with E-state index in [0.717, 1.165) is 33.5 Å². The van der Waals surface area contributed by atoms with Gasteiger partial charge in [0.15, 0.2) is 0 Å². The Morgan fingerprint density at radius 1 is 1.06 bits per heavy atom. The van der Waals surface area contributed by atoms with Gasteiger partial charge < -0.3 is 0 Å². The molecule has 0 aromatic carbocycles. The molecule has 3 rings (SSSR count). The van der Waals surface area contributed by atoms with Crippen LogP contribution in [-0.4, -0.2) is 20.2 Å². The minimum Gasteiger partial charge on any atom is -0.282 e. The van der Waals surface area contributed by atoms with Crippen molar-refractivity contribution >= 4 is 10.9 Å². The second-order valence-electron chi connectivity index (χ2n) is 4.04. The SMILES string of the molecule is Cc1n[nH]c(C)c1-c1nccc2ncccc12. The molecule has 84 valence electrons. The summed E-state index contributed by atoms with van der Waals surface area (Å²) in [7, 11) is 0. The van der Waals surface area contributed by atoms with E-state index >= 15 is 0 Å². The summed E-state index contributed by atoms with van der Waals surface area (Å²) in [6, 6.07) is 5.89. The average molecular weight is 224 g/mol. The van der Waals surface area contributed by atoms with Crippen molar-refractivity contribution in [3.8, 4) is 11.3 Å². The zero-order valence-electron chi connectivity index (χ0n) is 9.73. The zero-order chi connectivity index (χ0) is 11.8. The number of hydrogen-bond acceptors (Lipinski definition) is 3. The van der Waals surface area contributed by atoms with Gasteiger partial charge >= 0.3 is 0 Å². The Morgan fingerprint density at radius 2 is 1.94 bits per heavy atom. The number of nitrogens with zero attached hydrogens (tertiary/aromatic N) is 3. The molecular weight excluding hydrogens is 212 g/mol. The second kappa shape index (κ2) is 3.66. The van der Waals surface area contributed by atoms with E-state index in [1.54, 1.807) is 12.4 Å². The van der Waals surface area contributed by atoms with Gasteiger partial charge in [-0.25, -0.2) is 0 Å². The van der Waals surface area contributed by atoms with Crippen LogP contribution in [0.4, 0.5) is 0 Å². The summed E-state index contributed by atoms with van der Waals surface area (Å²) in [5.74, 6) is 0. The fourth-order valence-electron chi connectivity index (χ4n) is 2.10. The smallest absolute Gasteiger partial charge is 0.0832 e. The van der Waals surface area contributed by atoms with Crippen molar-refractivity contribution in [1.29, 1.82) is 0 Å². The molecule has 0 atom stereocenters. The van der Waals surface area contributed by atoms with Gasteiger partial charge in [-0.1, -0.05) is 0 Å².